The molecule has 0 N–H and O–H groups in total. The second kappa shape index (κ2) is 5.51. The maximum Gasteiger partial charge on any atom is 0.126 e. The maximum absolute atomic E-state index is 8.88. The molecule has 116 valence electrons. The van der Waals surface area contributed by atoms with E-state index in [9.17, 15) is 0 Å². The minimum atomic E-state index is 0.517. The first kappa shape index (κ1) is 13.9. The number of rotatable bonds is 2. The van der Waals surface area contributed by atoms with Crippen molar-refractivity contribution in [1.82, 2.24) is 19.6 Å². The highest BCUT2D eigenvalue weighted by Gasteiger charge is 2.23. The van der Waals surface area contributed by atoms with Crippen LogP contribution in [0.15, 0.2) is 24.5 Å². The van der Waals surface area contributed by atoms with Gasteiger partial charge < -0.3 is 5.01 Å². The van der Waals surface area contributed by atoms with Crippen LogP contribution < -0.4 is 5.01 Å². The van der Waals surface area contributed by atoms with E-state index in [1.807, 2.05) is 25.3 Å². The molecule has 0 atom stereocenters. The summed E-state index contributed by atoms with van der Waals surface area (Å²) in [7, 11) is 0. The standard InChI is InChI=1S/C17H18N6/c1-12-21-15-11-20-14-3-2-8-19-16(14)17(15)23(12)22-9-5-13(4-7-18)6-10-22/h2-3,8,11,13H,4-6,9-10H2,1H3. The predicted molar refractivity (Wildman–Crippen MR) is 88.5 cm³/mol. The van der Waals surface area contributed by atoms with Gasteiger partial charge in [-0.3, -0.25) is 9.97 Å². The Bertz CT molecular complexity index is 898. The van der Waals surface area contributed by atoms with Crippen LogP contribution in [0, 0.1) is 24.2 Å². The Kier molecular flexibility index (Phi) is 3.34. The van der Waals surface area contributed by atoms with E-state index in [1.54, 1.807) is 6.20 Å². The molecule has 0 bridgehead atoms. The van der Waals surface area contributed by atoms with Gasteiger partial charge in [-0.25, -0.2) is 9.66 Å². The van der Waals surface area contributed by atoms with Crippen molar-refractivity contribution in [2.75, 3.05) is 18.1 Å². The molecule has 3 aromatic heterocycles. The number of hydrogen-bond acceptors (Lipinski definition) is 5. The highest BCUT2D eigenvalue weighted by atomic mass is 15.6. The molecule has 0 saturated carbocycles. The van der Waals surface area contributed by atoms with Crippen LogP contribution >= 0.6 is 0 Å². The van der Waals surface area contributed by atoms with E-state index in [1.165, 1.54) is 0 Å². The van der Waals surface area contributed by atoms with E-state index in [0.717, 1.165) is 53.8 Å². The van der Waals surface area contributed by atoms with Crippen molar-refractivity contribution in [2.24, 2.45) is 5.92 Å². The van der Waals surface area contributed by atoms with Crippen LogP contribution in [0.4, 0.5) is 0 Å². The third-order valence-electron chi connectivity index (χ3n) is 4.63. The summed E-state index contributed by atoms with van der Waals surface area (Å²) in [5.41, 5.74) is 3.70. The monoisotopic (exact) mass is 306 g/mol. The molecule has 0 spiro atoms. The summed E-state index contributed by atoms with van der Waals surface area (Å²) in [6, 6.07) is 6.18. The first-order valence-electron chi connectivity index (χ1n) is 7.99. The van der Waals surface area contributed by atoms with E-state index in [2.05, 4.69) is 30.7 Å². The van der Waals surface area contributed by atoms with Gasteiger partial charge in [-0.1, -0.05) is 0 Å². The maximum atomic E-state index is 8.88. The SMILES string of the molecule is Cc1nc2cnc3cccnc3c2n1N1CCC(CC#N)CC1. The van der Waals surface area contributed by atoms with E-state index >= 15 is 0 Å². The molecule has 0 unspecified atom stereocenters. The molecule has 23 heavy (non-hydrogen) atoms. The van der Waals surface area contributed by atoms with Crippen LogP contribution in [0.2, 0.25) is 0 Å². The number of aryl methyl sites for hydroxylation is 1. The van der Waals surface area contributed by atoms with Crippen LogP contribution in [0.3, 0.4) is 0 Å². The van der Waals surface area contributed by atoms with Crippen LogP contribution in [0.25, 0.3) is 22.1 Å². The second-order valence-corrected chi connectivity index (χ2v) is 6.09. The molecule has 4 heterocycles. The van der Waals surface area contributed by atoms with Crippen molar-refractivity contribution in [2.45, 2.75) is 26.2 Å². The summed E-state index contributed by atoms with van der Waals surface area (Å²) in [6.45, 7) is 3.90. The molecule has 6 heteroatoms. The average Bonchev–Trinajstić information content (AvgIpc) is 2.92. The molecule has 4 rings (SSSR count). The fourth-order valence-corrected chi connectivity index (χ4v) is 3.47. The molecule has 1 fully saturated rings. The van der Waals surface area contributed by atoms with Gasteiger partial charge in [-0.15, -0.1) is 0 Å². The molecule has 0 aliphatic carbocycles. The highest BCUT2D eigenvalue weighted by Crippen LogP contribution is 2.26. The number of pyridine rings is 2. The van der Waals surface area contributed by atoms with Gasteiger partial charge in [0.2, 0.25) is 0 Å². The van der Waals surface area contributed by atoms with Crippen molar-refractivity contribution < 1.29 is 0 Å². The highest BCUT2D eigenvalue weighted by molar-refractivity contribution is 5.99. The van der Waals surface area contributed by atoms with Crippen molar-refractivity contribution in [3.63, 3.8) is 0 Å². The number of imidazole rings is 1. The molecule has 0 amide bonds. The van der Waals surface area contributed by atoms with Gasteiger partial charge in [-0.05, 0) is 37.8 Å². The van der Waals surface area contributed by atoms with Gasteiger partial charge in [0.1, 0.15) is 22.4 Å². The predicted octanol–water partition coefficient (Wildman–Crippen LogP) is 2.55. The van der Waals surface area contributed by atoms with Crippen molar-refractivity contribution >= 4 is 22.1 Å². The Morgan fingerprint density at radius 2 is 2.09 bits per heavy atom. The van der Waals surface area contributed by atoms with Crippen molar-refractivity contribution in [3.05, 3.63) is 30.4 Å². The largest absolute Gasteiger partial charge is 0.311 e. The van der Waals surface area contributed by atoms with Gasteiger partial charge in [0.15, 0.2) is 0 Å². The zero-order chi connectivity index (χ0) is 15.8. The summed E-state index contributed by atoms with van der Waals surface area (Å²) in [5.74, 6) is 1.47. The second-order valence-electron chi connectivity index (χ2n) is 6.09. The lowest BCUT2D eigenvalue weighted by atomic mass is 9.95. The smallest absolute Gasteiger partial charge is 0.126 e. The van der Waals surface area contributed by atoms with Gasteiger partial charge in [0.25, 0.3) is 0 Å². The number of nitrogens with zero attached hydrogens (tertiary/aromatic N) is 6. The minimum Gasteiger partial charge on any atom is -0.311 e. The lowest BCUT2D eigenvalue weighted by Gasteiger charge is -2.34. The van der Waals surface area contributed by atoms with Crippen LogP contribution in [0.5, 0.6) is 0 Å². The third-order valence-corrected chi connectivity index (χ3v) is 4.63. The molecule has 0 aromatic carbocycles. The van der Waals surface area contributed by atoms with Gasteiger partial charge in [0, 0.05) is 25.7 Å². The quantitative estimate of drug-likeness (QED) is 0.727. The van der Waals surface area contributed by atoms with E-state index in [-0.39, 0.29) is 0 Å². The number of hydrogen-bond donors (Lipinski definition) is 0. The number of piperidine rings is 1. The van der Waals surface area contributed by atoms with E-state index in [4.69, 9.17) is 5.26 Å². The normalized spacial score (nSPS) is 16.1. The van der Waals surface area contributed by atoms with Gasteiger partial charge >= 0.3 is 0 Å². The van der Waals surface area contributed by atoms with Gasteiger partial charge in [0.05, 0.1) is 17.8 Å². The summed E-state index contributed by atoms with van der Waals surface area (Å²) in [6.07, 6.45) is 6.37. The third kappa shape index (κ3) is 2.29. The number of fused-ring (bicyclic) bond motifs is 3. The van der Waals surface area contributed by atoms with E-state index < -0.39 is 0 Å². The average molecular weight is 306 g/mol. The first-order chi connectivity index (χ1) is 11.3. The van der Waals surface area contributed by atoms with Crippen LogP contribution in [-0.2, 0) is 0 Å². The van der Waals surface area contributed by atoms with Gasteiger partial charge in [-0.2, -0.15) is 5.26 Å². The van der Waals surface area contributed by atoms with Crippen LogP contribution in [-0.4, -0.2) is 32.7 Å². The van der Waals surface area contributed by atoms with Crippen molar-refractivity contribution in [1.29, 1.82) is 5.26 Å². The Labute approximate surface area is 134 Å². The Morgan fingerprint density at radius 3 is 2.87 bits per heavy atom. The summed E-state index contributed by atoms with van der Waals surface area (Å²) < 4.78 is 2.19. The first-order valence-corrected chi connectivity index (χ1v) is 7.99. The van der Waals surface area contributed by atoms with Crippen LogP contribution in [0.1, 0.15) is 25.1 Å². The molecular formula is C17H18N6. The molecule has 1 saturated heterocycles. The number of aromatic nitrogens is 4. The molecule has 1 aliphatic heterocycles. The zero-order valence-electron chi connectivity index (χ0n) is 13.1. The van der Waals surface area contributed by atoms with E-state index in [0.29, 0.717) is 12.3 Å². The lowest BCUT2D eigenvalue weighted by Crippen LogP contribution is -2.42. The Balaban J connectivity index is 1.80. The lowest BCUT2D eigenvalue weighted by molar-refractivity contribution is 0.369. The number of nitriles is 1. The van der Waals surface area contributed by atoms with Crippen molar-refractivity contribution in [3.8, 4) is 6.07 Å². The Morgan fingerprint density at radius 1 is 1.26 bits per heavy atom. The minimum absolute atomic E-state index is 0.517. The summed E-state index contributed by atoms with van der Waals surface area (Å²) >= 11 is 0. The molecule has 1 aliphatic rings. The summed E-state index contributed by atoms with van der Waals surface area (Å²) in [4.78, 5) is 13.6. The molecule has 0 radical (unpaired) electrons. The molecule has 3 aromatic rings. The molecule has 6 nitrogen and oxygen atoms in total. The fraction of sp³-hybridized carbons (Fsp3) is 0.412. The fourth-order valence-electron chi connectivity index (χ4n) is 3.47. The Hall–Kier alpha value is -2.68. The molecular weight excluding hydrogens is 288 g/mol. The topological polar surface area (TPSA) is 70.6 Å². The zero-order valence-corrected chi connectivity index (χ0v) is 13.1. The summed E-state index contributed by atoms with van der Waals surface area (Å²) in [5, 5.41) is 11.2.